The molecule has 1 amide bonds. The Balaban J connectivity index is 1.63. The molecule has 2 saturated heterocycles. The van der Waals surface area contributed by atoms with E-state index in [-0.39, 0.29) is 18.9 Å². The number of hydrogen-bond acceptors (Lipinski definition) is 13. The maximum absolute atomic E-state index is 13.2. The van der Waals surface area contributed by atoms with Crippen LogP contribution in [0.1, 0.15) is 258 Å². The zero-order valence-electron chi connectivity index (χ0n) is 48.0. The minimum absolute atomic E-state index is 0.238. The maximum Gasteiger partial charge on any atom is 0.220 e. The van der Waals surface area contributed by atoms with E-state index in [4.69, 9.17) is 18.9 Å². The van der Waals surface area contributed by atoms with Gasteiger partial charge in [0.2, 0.25) is 5.91 Å². The normalized spacial score (nSPS) is 25.1. The fourth-order valence-electron chi connectivity index (χ4n) is 10.3. The molecule has 0 aromatic rings. The molecule has 12 unspecified atom stereocenters. The molecule has 14 heteroatoms. The van der Waals surface area contributed by atoms with E-state index < -0.39 is 86.8 Å². The lowest BCUT2D eigenvalue weighted by Gasteiger charge is -2.46. The zero-order valence-corrected chi connectivity index (χ0v) is 48.0. The maximum atomic E-state index is 13.2. The van der Waals surface area contributed by atoms with Crippen LogP contribution in [0.25, 0.3) is 0 Å². The summed E-state index contributed by atoms with van der Waals surface area (Å²) < 4.78 is 22.7. The monoisotopic (exact) mass is 1080 g/mol. The average Bonchev–Trinajstić information content (AvgIpc) is 3.42. The molecule has 2 rings (SSSR count). The summed E-state index contributed by atoms with van der Waals surface area (Å²) in [4.78, 5) is 13.2. The fraction of sp³-hybridized carbons (Fsp3) is 0.887. The number of aliphatic hydroxyl groups is 8. The molecule has 0 spiro atoms. The molecule has 0 saturated carbocycles. The summed E-state index contributed by atoms with van der Waals surface area (Å²) in [7, 11) is 0. The Labute approximate surface area is 461 Å². The molecule has 14 nitrogen and oxygen atoms in total. The van der Waals surface area contributed by atoms with Crippen molar-refractivity contribution in [1.29, 1.82) is 0 Å². The quantitative estimate of drug-likeness (QED) is 0.0204. The Morgan fingerprint density at radius 3 is 1.32 bits per heavy atom. The number of aliphatic hydroxyl groups excluding tert-OH is 8. The van der Waals surface area contributed by atoms with Crippen molar-refractivity contribution in [3.63, 3.8) is 0 Å². The number of amides is 1. The Hall–Kier alpha value is -1.79. The predicted molar refractivity (Wildman–Crippen MR) is 305 cm³/mol. The van der Waals surface area contributed by atoms with Gasteiger partial charge in [0, 0.05) is 6.42 Å². The van der Waals surface area contributed by atoms with Gasteiger partial charge in [-0.1, -0.05) is 237 Å². The smallest absolute Gasteiger partial charge is 0.220 e. The van der Waals surface area contributed by atoms with Crippen LogP contribution in [-0.2, 0) is 23.7 Å². The Kier molecular flexibility index (Phi) is 44.4. The van der Waals surface area contributed by atoms with Gasteiger partial charge in [-0.3, -0.25) is 4.79 Å². The number of hydrogen-bond donors (Lipinski definition) is 9. The van der Waals surface area contributed by atoms with Gasteiger partial charge in [-0.05, 0) is 51.4 Å². The van der Waals surface area contributed by atoms with Crippen LogP contribution in [0.4, 0.5) is 0 Å². The first-order valence-electron chi connectivity index (χ1n) is 31.2. The van der Waals surface area contributed by atoms with Gasteiger partial charge in [0.1, 0.15) is 48.8 Å². The number of carbonyl (C=O) groups is 1. The van der Waals surface area contributed by atoms with Crippen molar-refractivity contribution in [2.45, 2.75) is 331 Å². The molecule has 2 aliphatic heterocycles. The van der Waals surface area contributed by atoms with Crippen LogP contribution in [-0.4, -0.2) is 140 Å². The number of rotatable bonds is 50. The summed E-state index contributed by atoms with van der Waals surface area (Å²) in [5.41, 5.74) is 0. The van der Waals surface area contributed by atoms with Crippen molar-refractivity contribution in [3.8, 4) is 0 Å². The summed E-state index contributed by atoms with van der Waals surface area (Å²) in [6.07, 6.45) is 42.1. The van der Waals surface area contributed by atoms with Crippen LogP contribution in [0.5, 0.6) is 0 Å². The van der Waals surface area contributed by atoms with E-state index in [1.165, 1.54) is 186 Å². The first kappa shape index (κ1) is 70.3. The first-order chi connectivity index (χ1) is 37.1. The summed E-state index contributed by atoms with van der Waals surface area (Å²) in [6, 6.07) is -0.911. The topological polar surface area (TPSA) is 228 Å². The lowest BCUT2D eigenvalue weighted by atomic mass is 9.97. The SMILES string of the molecule is CCCCCCC/C=C\C/C=C\CCCCCCCCCCCCCCCCCCCCCC(=O)NC(COC1OC(CO)C(OC2OC(CO)C(O)C(O)C2O)C(O)C1O)C(O)/C=C/CCCCCCCCCCC. The standard InChI is InChI=1S/C62H115NO13/c1-3-5-7-9-11-13-15-16-17-18-19-20-21-22-23-24-25-26-27-28-29-30-31-32-33-34-36-38-40-42-44-46-54(67)63-50(51(66)45-43-41-39-37-35-14-12-10-8-6-4-2)49-73-61-59(72)57(70)60(53(48-65)75-61)76-62-58(71)56(69)55(68)52(47-64)74-62/h15-16,18-19,43,45,50-53,55-62,64-66,68-72H,3-14,17,20-42,44,46-49H2,1-2H3,(H,63,67)/b16-15-,19-18-,45-43+. The molecule has 0 aromatic heterocycles. The predicted octanol–water partition coefficient (Wildman–Crippen LogP) is 11.0. The molecule has 12 atom stereocenters. The molecule has 0 aliphatic carbocycles. The minimum atomic E-state index is -1.79. The van der Waals surface area contributed by atoms with E-state index in [0.717, 1.165) is 44.9 Å². The number of nitrogens with one attached hydrogen (secondary N) is 1. The lowest BCUT2D eigenvalue weighted by molar-refractivity contribution is -0.359. The van der Waals surface area contributed by atoms with Crippen LogP contribution in [0.2, 0.25) is 0 Å². The molecule has 2 aliphatic rings. The Morgan fingerprint density at radius 2 is 0.868 bits per heavy atom. The molecule has 0 bridgehead atoms. The van der Waals surface area contributed by atoms with Crippen LogP contribution in [0, 0.1) is 0 Å². The van der Waals surface area contributed by atoms with Gasteiger partial charge < -0.3 is 65.1 Å². The Morgan fingerprint density at radius 1 is 0.474 bits per heavy atom. The number of allylic oxidation sites excluding steroid dienone is 5. The van der Waals surface area contributed by atoms with Gasteiger partial charge in [0.15, 0.2) is 12.6 Å². The largest absolute Gasteiger partial charge is 0.394 e. The van der Waals surface area contributed by atoms with E-state index in [9.17, 15) is 45.6 Å². The van der Waals surface area contributed by atoms with E-state index in [2.05, 4.69) is 43.5 Å². The van der Waals surface area contributed by atoms with E-state index >= 15 is 0 Å². The van der Waals surface area contributed by atoms with Gasteiger partial charge >= 0.3 is 0 Å². The van der Waals surface area contributed by atoms with Crippen molar-refractivity contribution >= 4 is 5.91 Å². The third-order valence-electron chi connectivity index (χ3n) is 15.3. The molecule has 9 N–H and O–H groups in total. The minimum Gasteiger partial charge on any atom is -0.394 e. The number of ether oxygens (including phenoxy) is 4. The average molecular weight is 1080 g/mol. The molecular weight excluding hydrogens is 967 g/mol. The zero-order chi connectivity index (χ0) is 55.3. The summed E-state index contributed by atoms with van der Waals surface area (Å²) in [5, 5.41) is 86.9. The van der Waals surface area contributed by atoms with Crippen LogP contribution in [0.15, 0.2) is 36.5 Å². The molecule has 2 fully saturated rings. The van der Waals surface area contributed by atoms with Crippen molar-refractivity contribution in [3.05, 3.63) is 36.5 Å². The summed E-state index contributed by atoms with van der Waals surface area (Å²) in [5.74, 6) is -0.238. The molecular formula is C62H115NO13. The highest BCUT2D eigenvalue weighted by molar-refractivity contribution is 5.76. The van der Waals surface area contributed by atoms with Crippen molar-refractivity contribution in [1.82, 2.24) is 5.32 Å². The van der Waals surface area contributed by atoms with Crippen LogP contribution < -0.4 is 5.32 Å². The second kappa shape index (κ2) is 48.0. The number of carbonyl (C=O) groups excluding carboxylic acids is 1. The third-order valence-corrected chi connectivity index (χ3v) is 15.3. The molecule has 0 aromatic carbocycles. The number of unbranched alkanes of at least 4 members (excludes halogenated alkanes) is 33. The lowest BCUT2D eigenvalue weighted by Crippen LogP contribution is -2.65. The van der Waals surface area contributed by atoms with Crippen molar-refractivity contribution < 1.29 is 64.6 Å². The fourth-order valence-corrected chi connectivity index (χ4v) is 10.3. The van der Waals surface area contributed by atoms with Gasteiger partial charge in [0.25, 0.3) is 0 Å². The second-order valence-corrected chi connectivity index (χ2v) is 22.2. The molecule has 0 radical (unpaired) electrons. The van der Waals surface area contributed by atoms with Gasteiger partial charge in [0.05, 0.1) is 32.0 Å². The van der Waals surface area contributed by atoms with Gasteiger partial charge in [-0.2, -0.15) is 0 Å². The summed E-state index contributed by atoms with van der Waals surface area (Å²) in [6.45, 7) is 2.78. The highest BCUT2D eigenvalue weighted by atomic mass is 16.7. The summed E-state index contributed by atoms with van der Waals surface area (Å²) >= 11 is 0. The molecule has 446 valence electrons. The molecule has 2 heterocycles. The van der Waals surface area contributed by atoms with E-state index in [1.807, 2.05) is 6.08 Å². The highest BCUT2D eigenvalue weighted by Gasteiger charge is 2.51. The highest BCUT2D eigenvalue weighted by Crippen LogP contribution is 2.30. The first-order valence-corrected chi connectivity index (χ1v) is 31.2. The van der Waals surface area contributed by atoms with Gasteiger partial charge in [-0.25, -0.2) is 0 Å². The van der Waals surface area contributed by atoms with E-state index in [1.54, 1.807) is 6.08 Å². The van der Waals surface area contributed by atoms with Crippen LogP contribution in [0.3, 0.4) is 0 Å². The van der Waals surface area contributed by atoms with Crippen LogP contribution >= 0.6 is 0 Å². The van der Waals surface area contributed by atoms with Crippen molar-refractivity contribution in [2.75, 3.05) is 19.8 Å². The molecule has 76 heavy (non-hydrogen) atoms. The van der Waals surface area contributed by atoms with E-state index in [0.29, 0.717) is 6.42 Å². The van der Waals surface area contributed by atoms with Crippen molar-refractivity contribution in [2.24, 2.45) is 0 Å². The third kappa shape index (κ3) is 33.1. The second-order valence-electron chi connectivity index (χ2n) is 22.2. The Bertz CT molecular complexity index is 1410. The van der Waals surface area contributed by atoms with Gasteiger partial charge in [-0.15, -0.1) is 0 Å².